The largest absolute Gasteiger partial charge is 0.446 e. The second-order valence-electron chi connectivity index (χ2n) is 5.68. The van der Waals surface area contributed by atoms with E-state index in [9.17, 15) is 9.59 Å². The minimum Gasteiger partial charge on any atom is -0.446 e. The molecule has 0 saturated carbocycles. The van der Waals surface area contributed by atoms with Gasteiger partial charge in [-0.1, -0.05) is 23.9 Å². The Bertz CT molecular complexity index is 1080. The minimum absolute atomic E-state index is 0.167. The van der Waals surface area contributed by atoms with Crippen LogP contribution in [0.1, 0.15) is 18.8 Å². The third kappa shape index (κ3) is 2.65. The van der Waals surface area contributed by atoms with Crippen LogP contribution in [0, 0.1) is 3.77 Å². The second-order valence-corrected chi connectivity index (χ2v) is 7.54. The number of aromatic nitrogens is 3. The molecule has 7 nitrogen and oxygen atoms in total. The number of halogens is 1. The van der Waals surface area contributed by atoms with E-state index in [1.165, 1.54) is 18.7 Å². The van der Waals surface area contributed by atoms with Gasteiger partial charge in [0.05, 0.1) is 11.3 Å². The third-order valence-corrected chi connectivity index (χ3v) is 5.29. The highest BCUT2D eigenvalue weighted by Crippen LogP contribution is 2.37. The summed E-state index contributed by atoms with van der Waals surface area (Å²) >= 11 is 3.40. The molecule has 1 aliphatic heterocycles. The molecule has 1 N–H and O–H groups in total. The van der Waals surface area contributed by atoms with Gasteiger partial charge < -0.3 is 4.42 Å². The highest BCUT2D eigenvalue weighted by molar-refractivity contribution is 14.1. The molecule has 2 aromatic heterocycles. The number of hydrogen-bond acceptors (Lipinski definition) is 5. The number of amides is 1. The van der Waals surface area contributed by atoms with Crippen molar-refractivity contribution in [2.24, 2.45) is 0 Å². The first-order valence-corrected chi connectivity index (χ1v) is 10.1. The molecular formula is C17H14IN4O3S+. The molecule has 1 amide bonds. The van der Waals surface area contributed by atoms with E-state index in [-0.39, 0.29) is 11.5 Å². The maximum Gasteiger partial charge on any atom is 0.325 e. The molecule has 3 aromatic rings. The molecule has 3 heterocycles. The summed E-state index contributed by atoms with van der Waals surface area (Å²) in [6.07, 6.45) is 1.16. The summed E-state index contributed by atoms with van der Waals surface area (Å²) in [7, 11) is 0. The topological polar surface area (TPSA) is 83.1 Å². The number of rotatable bonds is 2. The molecule has 1 aromatic carbocycles. The molecular weight excluding hydrogens is 467 g/mol. The van der Waals surface area contributed by atoms with Gasteiger partial charge in [-0.3, -0.25) is 14.6 Å². The Balaban J connectivity index is 2.10. The zero-order chi connectivity index (χ0) is 18.4. The first-order valence-electron chi connectivity index (χ1n) is 7.76. The standard InChI is InChI=1S/C17H13IN4O3S/c1-9(23)21-11-6-4-3-5-10(11)14-15(24)19-17(26-2)20-22(14)16(21)12-7-8-13(18)25-12/h3-8,16H,1-2H3/p+1. The SMILES string of the molecule is CSc1n[n+]2c(c(=O)[nH]1)-c1ccccc1N(C(C)=O)C2c1ccc(I)o1. The number of hydrogen-bond donors (Lipinski definition) is 1. The molecule has 0 spiro atoms. The van der Waals surface area contributed by atoms with E-state index in [0.29, 0.717) is 31.6 Å². The molecule has 9 heteroatoms. The Morgan fingerprint density at radius 2 is 2.12 bits per heavy atom. The smallest absolute Gasteiger partial charge is 0.325 e. The monoisotopic (exact) mass is 481 g/mol. The van der Waals surface area contributed by atoms with Crippen LogP contribution in [0.25, 0.3) is 11.3 Å². The summed E-state index contributed by atoms with van der Waals surface area (Å²) in [6, 6.07) is 10.9. The number of H-pyrrole nitrogens is 1. The molecule has 0 saturated heterocycles. The van der Waals surface area contributed by atoms with E-state index in [4.69, 9.17) is 4.42 Å². The zero-order valence-electron chi connectivity index (χ0n) is 13.9. The number of carbonyl (C=O) groups excluding carboxylic acids is 1. The number of carbonyl (C=O) groups is 1. The normalized spacial score (nSPS) is 15.5. The molecule has 4 rings (SSSR count). The first kappa shape index (κ1) is 17.3. The molecule has 0 aliphatic carbocycles. The number of aromatic amines is 1. The number of nitrogens with one attached hydrogen (secondary N) is 1. The summed E-state index contributed by atoms with van der Waals surface area (Å²) in [5, 5.41) is 5.02. The molecule has 0 radical (unpaired) electrons. The van der Waals surface area contributed by atoms with Crippen LogP contribution in [-0.2, 0) is 4.79 Å². The fourth-order valence-corrected chi connectivity index (χ4v) is 3.93. The summed E-state index contributed by atoms with van der Waals surface area (Å²) in [5.74, 6) is 0.371. The van der Waals surface area contributed by atoms with Crippen molar-refractivity contribution in [2.45, 2.75) is 18.2 Å². The predicted molar refractivity (Wildman–Crippen MR) is 105 cm³/mol. The Labute approximate surface area is 166 Å². The van der Waals surface area contributed by atoms with Crippen molar-refractivity contribution in [2.75, 3.05) is 11.2 Å². The van der Waals surface area contributed by atoms with Crippen LogP contribution < -0.4 is 15.1 Å². The van der Waals surface area contributed by atoms with Gasteiger partial charge in [0.2, 0.25) is 11.1 Å². The molecule has 1 atom stereocenters. The van der Waals surface area contributed by atoms with Gasteiger partial charge in [-0.2, -0.15) is 0 Å². The minimum atomic E-state index is -0.672. The van der Waals surface area contributed by atoms with Crippen molar-refractivity contribution in [3.05, 3.63) is 56.3 Å². The number of benzene rings is 1. The summed E-state index contributed by atoms with van der Waals surface area (Å²) < 4.78 is 8.07. The van der Waals surface area contributed by atoms with Gasteiger partial charge in [-0.25, -0.2) is 4.90 Å². The maximum absolute atomic E-state index is 12.8. The Morgan fingerprint density at radius 1 is 1.35 bits per heavy atom. The van der Waals surface area contributed by atoms with Crippen LogP contribution in [0.2, 0.25) is 0 Å². The van der Waals surface area contributed by atoms with Gasteiger partial charge >= 0.3 is 17.4 Å². The number of anilines is 1. The average molecular weight is 481 g/mol. The number of nitrogens with zero attached hydrogens (tertiary/aromatic N) is 3. The van der Waals surface area contributed by atoms with Crippen LogP contribution in [0.4, 0.5) is 5.69 Å². The van der Waals surface area contributed by atoms with Crippen molar-refractivity contribution in [3.63, 3.8) is 0 Å². The van der Waals surface area contributed by atoms with Crippen molar-refractivity contribution < 1.29 is 13.9 Å². The van der Waals surface area contributed by atoms with Crippen LogP contribution in [0.3, 0.4) is 0 Å². The first-order chi connectivity index (χ1) is 12.5. The summed E-state index contributed by atoms with van der Waals surface area (Å²) in [4.78, 5) is 29.7. The fraction of sp³-hybridized carbons (Fsp3) is 0.176. The van der Waals surface area contributed by atoms with Crippen LogP contribution in [0.5, 0.6) is 0 Å². The highest BCUT2D eigenvalue weighted by atomic mass is 127. The molecule has 132 valence electrons. The van der Waals surface area contributed by atoms with Crippen molar-refractivity contribution in [3.8, 4) is 11.3 Å². The number of para-hydroxylation sites is 1. The van der Waals surface area contributed by atoms with Gasteiger partial charge in [0.25, 0.3) is 0 Å². The molecule has 0 fully saturated rings. The molecule has 1 aliphatic rings. The van der Waals surface area contributed by atoms with Crippen LogP contribution in [-0.4, -0.2) is 22.2 Å². The highest BCUT2D eigenvalue weighted by Gasteiger charge is 2.46. The molecule has 26 heavy (non-hydrogen) atoms. The number of furan rings is 1. The van der Waals surface area contributed by atoms with Gasteiger partial charge in [-0.05, 0) is 57.8 Å². The molecule has 1 unspecified atom stereocenters. The van der Waals surface area contributed by atoms with E-state index in [0.717, 1.165) is 0 Å². The lowest BCUT2D eigenvalue weighted by Gasteiger charge is -2.29. The predicted octanol–water partition coefficient (Wildman–Crippen LogP) is 2.56. The van der Waals surface area contributed by atoms with Crippen molar-refractivity contribution in [1.29, 1.82) is 0 Å². The van der Waals surface area contributed by atoms with Crippen LogP contribution >= 0.6 is 34.4 Å². The van der Waals surface area contributed by atoms with Gasteiger partial charge in [-0.15, -0.1) is 0 Å². The average Bonchev–Trinajstić information content (AvgIpc) is 3.05. The Morgan fingerprint density at radius 3 is 2.77 bits per heavy atom. The zero-order valence-corrected chi connectivity index (χ0v) is 16.9. The Kier molecular flexibility index (Phi) is 4.35. The van der Waals surface area contributed by atoms with E-state index in [1.54, 1.807) is 15.6 Å². The maximum atomic E-state index is 12.8. The lowest BCUT2D eigenvalue weighted by Crippen LogP contribution is -2.60. The van der Waals surface area contributed by atoms with E-state index < -0.39 is 6.17 Å². The summed E-state index contributed by atoms with van der Waals surface area (Å²) in [6.45, 7) is 1.49. The summed E-state index contributed by atoms with van der Waals surface area (Å²) in [5.41, 5.74) is 1.45. The van der Waals surface area contributed by atoms with E-state index in [2.05, 4.69) is 32.7 Å². The lowest BCUT2D eigenvalue weighted by molar-refractivity contribution is -0.764. The lowest BCUT2D eigenvalue weighted by atomic mass is 10.0. The third-order valence-electron chi connectivity index (χ3n) is 4.14. The number of fused-ring (bicyclic) bond motifs is 3. The quantitative estimate of drug-likeness (QED) is 0.346. The van der Waals surface area contributed by atoms with Crippen molar-refractivity contribution in [1.82, 2.24) is 10.1 Å². The number of thioether (sulfide) groups is 1. The molecule has 0 bridgehead atoms. The second kappa shape index (κ2) is 6.54. The van der Waals surface area contributed by atoms with Gasteiger partial charge in [0.1, 0.15) is 0 Å². The Hall–Kier alpha value is -2.14. The van der Waals surface area contributed by atoms with Gasteiger partial charge in [0.15, 0.2) is 9.53 Å². The van der Waals surface area contributed by atoms with E-state index >= 15 is 0 Å². The van der Waals surface area contributed by atoms with Crippen LogP contribution in [0.15, 0.2) is 50.8 Å². The van der Waals surface area contributed by atoms with Gasteiger partial charge in [0, 0.05) is 12.0 Å². The van der Waals surface area contributed by atoms with E-state index in [1.807, 2.05) is 36.6 Å². The fourth-order valence-electron chi connectivity index (χ4n) is 3.13. The van der Waals surface area contributed by atoms with Crippen molar-refractivity contribution >= 4 is 45.9 Å².